The number of halogens is 6. The summed E-state index contributed by atoms with van der Waals surface area (Å²) in [5, 5.41) is 21.7. The van der Waals surface area contributed by atoms with E-state index in [0.717, 1.165) is 4.57 Å². The Hall–Kier alpha value is -1.15. The van der Waals surface area contributed by atoms with Crippen LogP contribution in [0.4, 0.5) is 5.95 Å². The molecule has 0 aliphatic heterocycles. The SMILES string of the molecule is Nc1nc2ccc(-n3c(O)c4c(c3O)C3(Cl)C(Cl)=C(Cl)C4(Cl)C3(Cl)Cl)cc2[nH]1. The number of allylic oxidation sites excluding steroid dienone is 2. The monoisotopic (exact) mass is 498 g/mol. The van der Waals surface area contributed by atoms with Gasteiger partial charge < -0.3 is 20.9 Å². The summed E-state index contributed by atoms with van der Waals surface area (Å²) in [5.74, 6) is -0.625. The van der Waals surface area contributed by atoms with Crippen LogP contribution in [0.15, 0.2) is 28.3 Å². The van der Waals surface area contributed by atoms with Gasteiger partial charge in [0.25, 0.3) is 0 Å². The standard InChI is InChI=1S/C16H8Cl6N4O2/c17-9-10(18)15(20)8-7(14(9,19)16(15,21)22)11(27)26(12(8)28)4-1-2-5-6(3-4)25-13(23)24-5/h1-3,27-28H,(H3,23,24,25). The molecule has 0 saturated carbocycles. The molecule has 3 aromatic rings. The number of fused-ring (bicyclic) bond motifs is 6. The third-order valence-electron chi connectivity index (χ3n) is 5.21. The topological polar surface area (TPSA) is 100 Å². The quantitative estimate of drug-likeness (QED) is 0.349. The van der Waals surface area contributed by atoms with Crippen LogP contribution < -0.4 is 5.73 Å². The van der Waals surface area contributed by atoms with E-state index in [9.17, 15) is 10.2 Å². The Bertz CT molecular complexity index is 1200. The van der Waals surface area contributed by atoms with Gasteiger partial charge in [0.15, 0.2) is 10.3 Å². The fourth-order valence-corrected chi connectivity index (χ4v) is 6.63. The Morgan fingerprint density at radius 1 is 0.964 bits per heavy atom. The van der Waals surface area contributed by atoms with Gasteiger partial charge in [0.2, 0.25) is 11.8 Å². The van der Waals surface area contributed by atoms with E-state index in [-0.39, 0.29) is 27.1 Å². The summed E-state index contributed by atoms with van der Waals surface area (Å²) in [6.07, 6.45) is 0. The van der Waals surface area contributed by atoms with Gasteiger partial charge in [-0.2, -0.15) is 0 Å². The fraction of sp³-hybridized carbons (Fsp3) is 0.188. The van der Waals surface area contributed by atoms with Crippen LogP contribution in [0.25, 0.3) is 16.7 Å². The number of aromatic amines is 1. The van der Waals surface area contributed by atoms with Crippen molar-refractivity contribution in [3.05, 3.63) is 39.4 Å². The lowest BCUT2D eigenvalue weighted by Gasteiger charge is -2.32. The van der Waals surface area contributed by atoms with Crippen LogP contribution in [0.3, 0.4) is 0 Å². The van der Waals surface area contributed by atoms with E-state index in [4.69, 9.17) is 75.3 Å². The van der Waals surface area contributed by atoms with Crippen LogP contribution in [-0.4, -0.2) is 29.1 Å². The van der Waals surface area contributed by atoms with Gasteiger partial charge in [0.05, 0.1) is 37.9 Å². The third kappa shape index (κ3) is 1.75. The molecule has 5 N–H and O–H groups in total. The van der Waals surface area contributed by atoms with E-state index >= 15 is 0 Å². The molecule has 2 aromatic heterocycles. The molecule has 0 saturated heterocycles. The second kappa shape index (κ2) is 5.31. The Labute approximate surface area is 187 Å². The van der Waals surface area contributed by atoms with E-state index in [1.54, 1.807) is 18.2 Å². The van der Waals surface area contributed by atoms with Gasteiger partial charge >= 0.3 is 0 Å². The zero-order chi connectivity index (χ0) is 20.4. The minimum Gasteiger partial charge on any atom is -0.494 e. The zero-order valence-electron chi connectivity index (χ0n) is 13.4. The first-order valence-corrected chi connectivity index (χ1v) is 9.99. The summed E-state index contributed by atoms with van der Waals surface area (Å²) < 4.78 is -0.810. The summed E-state index contributed by atoms with van der Waals surface area (Å²) >= 11 is 38.9. The van der Waals surface area contributed by atoms with Gasteiger partial charge in [-0.25, -0.2) is 4.98 Å². The Balaban J connectivity index is 1.83. The van der Waals surface area contributed by atoms with Crippen LogP contribution in [0.5, 0.6) is 11.8 Å². The summed E-state index contributed by atoms with van der Waals surface area (Å²) in [6, 6.07) is 4.91. The van der Waals surface area contributed by atoms with Gasteiger partial charge in [-0.15, -0.1) is 23.2 Å². The third-order valence-corrected chi connectivity index (χ3v) is 9.29. The lowest BCUT2D eigenvalue weighted by Crippen LogP contribution is -2.40. The average molecular weight is 501 g/mol. The molecule has 2 atom stereocenters. The average Bonchev–Trinajstić information content (AvgIpc) is 3.19. The number of H-pyrrole nitrogens is 1. The second-order valence-electron chi connectivity index (χ2n) is 6.58. The number of hydrogen-bond acceptors (Lipinski definition) is 4. The van der Waals surface area contributed by atoms with Crippen molar-refractivity contribution < 1.29 is 10.2 Å². The Morgan fingerprint density at radius 3 is 2.04 bits per heavy atom. The first-order valence-electron chi connectivity index (χ1n) is 7.73. The molecule has 0 fully saturated rings. The van der Waals surface area contributed by atoms with Crippen molar-refractivity contribution >= 4 is 86.6 Å². The van der Waals surface area contributed by atoms with Gasteiger partial charge in [-0.3, -0.25) is 4.57 Å². The minimum absolute atomic E-state index is 0.00899. The molecular weight excluding hydrogens is 493 g/mol. The van der Waals surface area contributed by atoms with Gasteiger partial charge in [-0.1, -0.05) is 46.4 Å². The highest BCUT2D eigenvalue weighted by atomic mass is 35.5. The van der Waals surface area contributed by atoms with Crippen molar-refractivity contribution in [2.45, 2.75) is 14.1 Å². The molecular formula is C16H8Cl6N4O2. The number of rotatable bonds is 1. The van der Waals surface area contributed by atoms with Crippen LogP contribution in [0.2, 0.25) is 0 Å². The van der Waals surface area contributed by atoms with Crippen LogP contribution in [0, 0.1) is 0 Å². The van der Waals surface area contributed by atoms with Gasteiger partial charge in [-0.05, 0) is 18.2 Å². The molecule has 146 valence electrons. The summed E-state index contributed by atoms with van der Waals surface area (Å²) in [5.41, 5.74) is 7.22. The van der Waals surface area contributed by atoms with Crippen molar-refractivity contribution in [1.82, 2.24) is 14.5 Å². The molecule has 0 radical (unpaired) electrons. The number of alkyl halides is 4. The van der Waals surface area contributed by atoms with E-state index in [1.807, 2.05) is 0 Å². The maximum Gasteiger partial charge on any atom is 0.204 e. The summed E-state index contributed by atoms with van der Waals surface area (Å²) in [6.45, 7) is 0. The Morgan fingerprint density at radius 2 is 1.50 bits per heavy atom. The highest BCUT2D eigenvalue weighted by Crippen LogP contribution is 2.80. The van der Waals surface area contributed by atoms with Gasteiger partial charge in [0, 0.05) is 0 Å². The number of aromatic nitrogens is 3. The molecule has 6 nitrogen and oxygen atoms in total. The molecule has 2 bridgehead atoms. The number of benzene rings is 1. The van der Waals surface area contributed by atoms with E-state index in [0.29, 0.717) is 16.7 Å². The second-order valence-corrected chi connectivity index (χ2v) is 9.79. The lowest BCUT2D eigenvalue weighted by atomic mass is 10.00. The number of nitrogen functional groups attached to an aromatic ring is 1. The summed E-state index contributed by atoms with van der Waals surface area (Å²) in [4.78, 5) is 3.29. The first-order chi connectivity index (χ1) is 13.0. The highest BCUT2D eigenvalue weighted by molar-refractivity contribution is 6.65. The molecule has 2 unspecified atom stereocenters. The van der Waals surface area contributed by atoms with Crippen LogP contribution in [-0.2, 0) is 9.75 Å². The van der Waals surface area contributed by atoms with Crippen LogP contribution in [0.1, 0.15) is 11.1 Å². The van der Waals surface area contributed by atoms with E-state index in [1.165, 1.54) is 0 Å². The number of nitrogens with zero attached hydrogens (tertiary/aromatic N) is 2. The molecule has 1 aromatic carbocycles. The molecule has 2 aliphatic carbocycles. The largest absolute Gasteiger partial charge is 0.494 e. The van der Waals surface area contributed by atoms with Crippen molar-refractivity contribution in [3.63, 3.8) is 0 Å². The number of imidazole rings is 1. The molecule has 5 rings (SSSR count). The number of anilines is 1. The molecule has 0 spiro atoms. The number of nitrogens with one attached hydrogen (secondary N) is 1. The maximum atomic E-state index is 11.0. The highest BCUT2D eigenvalue weighted by Gasteiger charge is 2.80. The Kier molecular flexibility index (Phi) is 3.57. The first kappa shape index (κ1) is 18.9. The van der Waals surface area contributed by atoms with Crippen LogP contribution >= 0.6 is 69.6 Å². The zero-order valence-corrected chi connectivity index (χ0v) is 17.9. The molecule has 12 heteroatoms. The van der Waals surface area contributed by atoms with E-state index < -0.39 is 25.8 Å². The van der Waals surface area contributed by atoms with Gasteiger partial charge in [0.1, 0.15) is 9.75 Å². The molecule has 2 aliphatic rings. The minimum atomic E-state index is -1.95. The number of hydrogen-bond donors (Lipinski definition) is 4. The normalized spacial score (nSPS) is 27.8. The number of aromatic hydroxyl groups is 2. The maximum absolute atomic E-state index is 11.0. The smallest absolute Gasteiger partial charge is 0.204 e. The van der Waals surface area contributed by atoms with Crippen molar-refractivity contribution in [3.8, 4) is 17.4 Å². The number of nitrogens with two attached hydrogens (primary N) is 1. The predicted octanol–water partition coefficient (Wildman–Crippen LogP) is 5.11. The van der Waals surface area contributed by atoms with E-state index in [2.05, 4.69) is 9.97 Å². The predicted molar refractivity (Wildman–Crippen MR) is 111 cm³/mol. The molecule has 2 heterocycles. The molecule has 28 heavy (non-hydrogen) atoms. The lowest BCUT2D eigenvalue weighted by molar-refractivity contribution is 0.391. The van der Waals surface area contributed by atoms with Crippen molar-refractivity contribution in [2.75, 3.05) is 5.73 Å². The van der Waals surface area contributed by atoms with Crippen molar-refractivity contribution in [2.24, 2.45) is 0 Å². The molecule has 0 amide bonds. The van der Waals surface area contributed by atoms with Crippen molar-refractivity contribution in [1.29, 1.82) is 0 Å². The fourth-order valence-electron chi connectivity index (χ4n) is 3.95. The summed E-state index contributed by atoms with van der Waals surface area (Å²) in [7, 11) is 0.